The molecule has 1 fully saturated rings. The van der Waals surface area contributed by atoms with Crippen molar-refractivity contribution in [2.75, 3.05) is 13.1 Å². The predicted octanol–water partition coefficient (Wildman–Crippen LogP) is 2.51. The lowest BCUT2D eigenvalue weighted by Gasteiger charge is -2.31. The van der Waals surface area contributed by atoms with E-state index in [-0.39, 0.29) is 25.0 Å². The van der Waals surface area contributed by atoms with Crippen molar-refractivity contribution in [2.45, 2.75) is 25.9 Å². The summed E-state index contributed by atoms with van der Waals surface area (Å²) in [6, 6.07) is 9.50. The van der Waals surface area contributed by atoms with Gasteiger partial charge in [0, 0.05) is 19.5 Å². The number of amides is 1. The second-order valence-electron chi connectivity index (χ2n) is 5.09. The average molecular weight is 277 g/mol. The van der Waals surface area contributed by atoms with Crippen LogP contribution < -0.4 is 0 Å². The van der Waals surface area contributed by atoms with Crippen LogP contribution in [0.4, 0.5) is 4.79 Å². The Kier molecular flexibility index (Phi) is 4.98. The number of ether oxygens (including phenoxy) is 1. The van der Waals surface area contributed by atoms with Crippen LogP contribution in [0.1, 0.15) is 24.8 Å². The molecule has 0 bridgehead atoms. The normalized spacial score (nSPS) is 18.6. The first kappa shape index (κ1) is 14.4. The van der Waals surface area contributed by atoms with E-state index in [2.05, 4.69) is 0 Å². The number of carbonyl (C=O) groups is 2. The van der Waals surface area contributed by atoms with Crippen molar-refractivity contribution >= 4 is 12.1 Å². The molecule has 1 heterocycles. The van der Waals surface area contributed by atoms with Crippen LogP contribution in [0.15, 0.2) is 30.3 Å². The minimum atomic E-state index is -0.811. The molecule has 0 aliphatic carbocycles. The molecule has 1 aliphatic heterocycles. The van der Waals surface area contributed by atoms with E-state index in [1.54, 1.807) is 4.90 Å². The van der Waals surface area contributed by atoms with Gasteiger partial charge in [0.1, 0.15) is 6.61 Å². The molecule has 1 unspecified atom stereocenters. The zero-order valence-electron chi connectivity index (χ0n) is 11.3. The van der Waals surface area contributed by atoms with E-state index in [4.69, 9.17) is 9.84 Å². The number of benzene rings is 1. The zero-order valence-corrected chi connectivity index (χ0v) is 11.3. The summed E-state index contributed by atoms with van der Waals surface area (Å²) in [7, 11) is 0. The lowest BCUT2D eigenvalue weighted by molar-refractivity contribution is -0.138. The number of likely N-dealkylation sites (tertiary alicyclic amines) is 1. The molecule has 1 amide bonds. The van der Waals surface area contributed by atoms with E-state index >= 15 is 0 Å². The molecule has 0 spiro atoms. The summed E-state index contributed by atoms with van der Waals surface area (Å²) in [4.78, 5) is 24.3. The molecule has 108 valence electrons. The first-order valence-electron chi connectivity index (χ1n) is 6.82. The van der Waals surface area contributed by atoms with Gasteiger partial charge in [-0.2, -0.15) is 0 Å². The molecule has 1 saturated heterocycles. The highest BCUT2D eigenvalue weighted by molar-refractivity contribution is 5.69. The van der Waals surface area contributed by atoms with E-state index in [9.17, 15) is 9.59 Å². The van der Waals surface area contributed by atoms with Crippen molar-refractivity contribution in [3.63, 3.8) is 0 Å². The fourth-order valence-electron chi connectivity index (χ4n) is 2.46. The van der Waals surface area contributed by atoms with Gasteiger partial charge in [-0.25, -0.2) is 4.79 Å². The minimum absolute atomic E-state index is 0.0329. The lowest BCUT2D eigenvalue weighted by Crippen LogP contribution is -2.40. The molecular formula is C15H19NO4. The maximum Gasteiger partial charge on any atom is 0.410 e. The largest absolute Gasteiger partial charge is 0.481 e. The second kappa shape index (κ2) is 6.93. The average Bonchev–Trinajstić information content (AvgIpc) is 2.45. The van der Waals surface area contributed by atoms with E-state index in [0.29, 0.717) is 13.1 Å². The van der Waals surface area contributed by atoms with Gasteiger partial charge in [0.15, 0.2) is 0 Å². The van der Waals surface area contributed by atoms with Crippen LogP contribution >= 0.6 is 0 Å². The third kappa shape index (κ3) is 4.26. The van der Waals surface area contributed by atoms with Crippen LogP contribution in [0.3, 0.4) is 0 Å². The Hall–Kier alpha value is -2.04. The summed E-state index contributed by atoms with van der Waals surface area (Å²) in [5.74, 6) is -0.778. The van der Waals surface area contributed by atoms with Crippen LogP contribution in [-0.4, -0.2) is 35.2 Å². The van der Waals surface area contributed by atoms with Gasteiger partial charge in [-0.3, -0.25) is 4.79 Å². The summed E-state index contributed by atoms with van der Waals surface area (Å²) in [5, 5.41) is 8.81. The first-order valence-corrected chi connectivity index (χ1v) is 6.82. The number of hydrogen-bond donors (Lipinski definition) is 1. The Morgan fingerprint density at radius 1 is 1.30 bits per heavy atom. The molecule has 1 aromatic carbocycles. The van der Waals surface area contributed by atoms with Crippen molar-refractivity contribution in [1.82, 2.24) is 4.90 Å². The van der Waals surface area contributed by atoms with Gasteiger partial charge >= 0.3 is 12.1 Å². The molecular weight excluding hydrogens is 258 g/mol. The first-order chi connectivity index (χ1) is 9.65. The van der Waals surface area contributed by atoms with Crippen molar-refractivity contribution in [3.05, 3.63) is 35.9 Å². The van der Waals surface area contributed by atoms with Crippen LogP contribution in [0, 0.1) is 5.92 Å². The van der Waals surface area contributed by atoms with Gasteiger partial charge < -0.3 is 14.7 Å². The molecule has 5 nitrogen and oxygen atoms in total. The number of hydrogen-bond acceptors (Lipinski definition) is 3. The maximum atomic E-state index is 12.0. The highest BCUT2D eigenvalue weighted by Gasteiger charge is 2.26. The molecule has 2 rings (SSSR count). The maximum absolute atomic E-state index is 12.0. The number of nitrogens with zero attached hydrogens (tertiary/aromatic N) is 1. The van der Waals surface area contributed by atoms with Gasteiger partial charge in [0.05, 0.1) is 0 Å². The number of carboxylic acids is 1. The highest BCUT2D eigenvalue weighted by Crippen LogP contribution is 2.20. The summed E-state index contributed by atoms with van der Waals surface area (Å²) in [6.07, 6.45) is 1.44. The van der Waals surface area contributed by atoms with E-state index < -0.39 is 5.97 Å². The van der Waals surface area contributed by atoms with Crippen LogP contribution in [0.2, 0.25) is 0 Å². The van der Waals surface area contributed by atoms with E-state index in [0.717, 1.165) is 18.4 Å². The van der Waals surface area contributed by atoms with Gasteiger partial charge in [-0.1, -0.05) is 30.3 Å². The predicted molar refractivity (Wildman–Crippen MR) is 73.2 cm³/mol. The minimum Gasteiger partial charge on any atom is -0.481 e. The summed E-state index contributed by atoms with van der Waals surface area (Å²) >= 11 is 0. The molecule has 5 heteroatoms. The highest BCUT2D eigenvalue weighted by atomic mass is 16.6. The van der Waals surface area contributed by atoms with Gasteiger partial charge in [0.2, 0.25) is 0 Å². The molecule has 1 N–H and O–H groups in total. The summed E-state index contributed by atoms with van der Waals surface area (Å²) < 4.78 is 5.26. The standard InChI is InChI=1S/C15H19NO4/c17-14(18)9-13-7-4-8-16(10-13)15(19)20-11-12-5-2-1-3-6-12/h1-3,5-6,13H,4,7-11H2,(H,17,18). The lowest BCUT2D eigenvalue weighted by atomic mass is 9.95. The van der Waals surface area contributed by atoms with Crippen molar-refractivity contribution in [3.8, 4) is 0 Å². The molecule has 1 atom stereocenters. The van der Waals surface area contributed by atoms with Gasteiger partial charge in [0.25, 0.3) is 0 Å². The van der Waals surface area contributed by atoms with Crippen molar-refractivity contribution < 1.29 is 19.4 Å². The fraction of sp³-hybridized carbons (Fsp3) is 0.467. The number of aliphatic carboxylic acids is 1. The van der Waals surface area contributed by atoms with Gasteiger partial charge in [-0.15, -0.1) is 0 Å². The Bertz CT molecular complexity index is 460. The van der Waals surface area contributed by atoms with Crippen LogP contribution in [0.25, 0.3) is 0 Å². The Morgan fingerprint density at radius 3 is 2.75 bits per heavy atom. The summed E-state index contributed by atoms with van der Waals surface area (Å²) in [6.45, 7) is 1.36. The van der Waals surface area contributed by atoms with Crippen LogP contribution in [-0.2, 0) is 16.1 Å². The van der Waals surface area contributed by atoms with E-state index in [1.165, 1.54) is 0 Å². The number of carboxylic acid groups (broad SMARTS) is 1. The number of carbonyl (C=O) groups excluding carboxylic acids is 1. The molecule has 0 aromatic heterocycles. The smallest absolute Gasteiger partial charge is 0.410 e. The zero-order chi connectivity index (χ0) is 14.4. The molecule has 0 radical (unpaired) electrons. The fourth-order valence-corrected chi connectivity index (χ4v) is 2.46. The third-order valence-electron chi connectivity index (χ3n) is 3.45. The Balaban J connectivity index is 1.81. The topological polar surface area (TPSA) is 66.8 Å². The Labute approximate surface area is 118 Å². The second-order valence-corrected chi connectivity index (χ2v) is 5.09. The number of piperidine rings is 1. The SMILES string of the molecule is O=C(O)CC1CCCN(C(=O)OCc2ccccc2)C1. The molecule has 20 heavy (non-hydrogen) atoms. The molecule has 1 aromatic rings. The van der Waals surface area contributed by atoms with E-state index in [1.807, 2.05) is 30.3 Å². The molecule has 1 aliphatic rings. The van der Waals surface area contributed by atoms with Crippen molar-refractivity contribution in [1.29, 1.82) is 0 Å². The molecule has 0 saturated carbocycles. The third-order valence-corrected chi connectivity index (χ3v) is 3.45. The summed E-state index contributed by atoms with van der Waals surface area (Å²) in [5.41, 5.74) is 0.944. The number of rotatable bonds is 4. The monoisotopic (exact) mass is 277 g/mol. The van der Waals surface area contributed by atoms with Gasteiger partial charge in [-0.05, 0) is 24.3 Å². The Morgan fingerprint density at radius 2 is 2.05 bits per heavy atom. The van der Waals surface area contributed by atoms with Crippen LogP contribution in [0.5, 0.6) is 0 Å². The van der Waals surface area contributed by atoms with Crippen molar-refractivity contribution in [2.24, 2.45) is 5.92 Å². The quantitative estimate of drug-likeness (QED) is 0.918.